The van der Waals surface area contributed by atoms with Gasteiger partial charge < -0.3 is 9.73 Å². The predicted octanol–water partition coefficient (Wildman–Crippen LogP) is 4.95. The monoisotopic (exact) mass is 297 g/mol. The third kappa shape index (κ3) is 3.22. The van der Waals surface area contributed by atoms with E-state index in [1.165, 1.54) is 0 Å². The molecule has 2 aromatic rings. The summed E-state index contributed by atoms with van der Waals surface area (Å²) >= 11 is 8.09. The molecule has 0 fully saturated rings. The first kappa shape index (κ1) is 14.6. The number of thiophene rings is 1. The summed E-state index contributed by atoms with van der Waals surface area (Å²) < 4.78 is 5.90. The Morgan fingerprint density at radius 2 is 2.16 bits per heavy atom. The van der Waals surface area contributed by atoms with Crippen LogP contribution in [0.5, 0.6) is 0 Å². The molecule has 0 amide bonds. The van der Waals surface area contributed by atoms with Crippen molar-refractivity contribution in [1.82, 2.24) is 5.32 Å². The molecule has 0 aliphatic rings. The van der Waals surface area contributed by atoms with E-state index in [-0.39, 0.29) is 6.04 Å². The van der Waals surface area contributed by atoms with Crippen molar-refractivity contribution in [2.75, 3.05) is 6.54 Å². The second-order valence-electron chi connectivity index (χ2n) is 4.64. The molecule has 0 saturated heterocycles. The summed E-state index contributed by atoms with van der Waals surface area (Å²) in [6.07, 6.45) is 2.00. The van der Waals surface area contributed by atoms with E-state index in [2.05, 4.69) is 30.6 Å². The molecule has 0 aromatic carbocycles. The van der Waals surface area contributed by atoms with Crippen LogP contribution in [0.25, 0.3) is 0 Å². The topological polar surface area (TPSA) is 25.2 Å². The van der Waals surface area contributed by atoms with Gasteiger partial charge in [0, 0.05) is 11.3 Å². The Morgan fingerprint density at radius 1 is 1.37 bits per heavy atom. The maximum Gasteiger partial charge on any atom is 0.126 e. The molecule has 1 N–H and O–H groups in total. The van der Waals surface area contributed by atoms with Crippen molar-refractivity contribution in [2.45, 2.75) is 39.7 Å². The second-order valence-corrected chi connectivity index (χ2v) is 5.93. The summed E-state index contributed by atoms with van der Waals surface area (Å²) in [5.74, 6) is 1.97. The lowest BCUT2D eigenvalue weighted by Crippen LogP contribution is -2.22. The Kier molecular flexibility index (Phi) is 5.08. The van der Waals surface area contributed by atoms with E-state index in [0.717, 1.165) is 46.4 Å². The standard InChI is InChI=1S/C15H20ClNOS/c1-4-8-17-14(12-7-6-11(5-2)18-12)15-13(16)10(3)9-19-15/h6-7,9,14,17H,4-5,8H2,1-3H3. The lowest BCUT2D eigenvalue weighted by atomic mass is 10.1. The van der Waals surface area contributed by atoms with Crippen LogP contribution in [0.15, 0.2) is 21.9 Å². The van der Waals surface area contributed by atoms with Gasteiger partial charge in [-0.15, -0.1) is 11.3 Å². The van der Waals surface area contributed by atoms with Gasteiger partial charge in [-0.2, -0.15) is 0 Å². The van der Waals surface area contributed by atoms with Gasteiger partial charge in [-0.25, -0.2) is 0 Å². The van der Waals surface area contributed by atoms with Gasteiger partial charge >= 0.3 is 0 Å². The Balaban J connectivity index is 2.32. The molecule has 2 heterocycles. The molecule has 0 saturated carbocycles. The van der Waals surface area contributed by atoms with Gasteiger partial charge in [-0.1, -0.05) is 25.4 Å². The van der Waals surface area contributed by atoms with Crippen LogP contribution in [0.1, 0.15) is 48.3 Å². The first-order chi connectivity index (χ1) is 9.17. The third-order valence-corrected chi connectivity index (χ3v) is 4.88. The smallest absolute Gasteiger partial charge is 0.126 e. The molecule has 0 spiro atoms. The minimum absolute atomic E-state index is 0.0615. The number of nitrogens with one attached hydrogen (secondary N) is 1. The summed E-state index contributed by atoms with van der Waals surface area (Å²) in [4.78, 5) is 1.14. The van der Waals surface area contributed by atoms with Gasteiger partial charge in [0.2, 0.25) is 0 Å². The van der Waals surface area contributed by atoms with E-state index in [9.17, 15) is 0 Å². The summed E-state index contributed by atoms with van der Waals surface area (Å²) in [7, 11) is 0. The highest BCUT2D eigenvalue weighted by Gasteiger charge is 2.22. The van der Waals surface area contributed by atoms with Crippen molar-refractivity contribution < 1.29 is 4.42 Å². The number of halogens is 1. The van der Waals surface area contributed by atoms with Crippen LogP contribution < -0.4 is 5.32 Å². The average molecular weight is 298 g/mol. The van der Waals surface area contributed by atoms with Crippen molar-refractivity contribution in [3.05, 3.63) is 44.5 Å². The highest BCUT2D eigenvalue weighted by atomic mass is 35.5. The normalized spacial score (nSPS) is 12.8. The van der Waals surface area contributed by atoms with E-state index in [1.807, 2.05) is 13.0 Å². The molecule has 2 nitrogen and oxygen atoms in total. The maximum atomic E-state index is 6.40. The van der Waals surface area contributed by atoms with Crippen LogP contribution in [-0.4, -0.2) is 6.54 Å². The minimum Gasteiger partial charge on any atom is -0.464 e. The molecule has 4 heteroatoms. The van der Waals surface area contributed by atoms with Crippen LogP contribution in [0.3, 0.4) is 0 Å². The quantitative estimate of drug-likeness (QED) is 0.815. The van der Waals surface area contributed by atoms with Gasteiger partial charge in [-0.3, -0.25) is 0 Å². The Bertz CT molecular complexity index is 532. The predicted molar refractivity (Wildman–Crippen MR) is 82.3 cm³/mol. The van der Waals surface area contributed by atoms with E-state index in [1.54, 1.807) is 11.3 Å². The van der Waals surface area contributed by atoms with E-state index >= 15 is 0 Å². The molecule has 0 aliphatic carbocycles. The Labute approximate surface area is 123 Å². The van der Waals surface area contributed by atoms with Gasteiger partial charge in [0.05, 0.1) is 5.02 Å². The highest BCUT2D eigenvalue weighted by Crippen LogP contribution is 2.36. The largest absolute Gasteiger partial charge is 0.464 e. The van der Waals surface area contributed by atoms with Crippen LogP contribution in [0.2, 0.25) is 5.02 Å². The molecular formula is C15H20ClNOS. The minimum atomic E-state index is 0.0615. The molecule has 2 aromatic heterocycles. The molecule has 1 atom stereocenters. The second kappa shape index (κ2) is 6.60. The first-order valence-electron chi connectivity index (χ1n) is 6.72. The van der Waals surface area contributed by atoms with E-state index < -0.39 is 0 Å². The highest BCUT2D eigenvalue weighted by molar-refractivity contribution is 7.10. The van der Waals surface area contributed by atoms with Gasteiger partial charge in [0.15, 0.2) is 0 Å². The van der Waals surface area contributed by atoms with Crippen LogP contribution in [-0.2, 0) is 6.42 Å². The SMILES string of the molecule is CCCNC(c1ccc(CC)o1)c1scc(C)c1Cl. The van der Waals surface area contributed by atoms with Crippen molar-refractivity contribution in [2.24, 2.45) is 0 Å². The molecule has 19 heavy (non-hydrogen) atoms. The Morgan fingerprint density at radius 3 is 2.68 bits per heavy atom. The van der Waals surface area contributed by atoms with Crippen molar-refractivity contribution in [3.63, 3.8) is 0 Å². The van der Waals surface area contributed by atoms with Gasteiger partial charge in [-0.05, 0) is 43.0 Å². The van der Waals surface area contributed by atoms with Gasteiger partial charge in [0.1, 0.15) is 17.6 Å². The zero-order valence-electron chi connectivity index (χ0n) is 11.6. The average Bonchev–Trinajstić information content (AvgIpc) is 3.01. The summed E-state index contributed by atoms with van der Waals surface area (Å²) in [5.41, 5.74) is 1.13. The molecular weight excluding hydrogens is 278 g/mol. The summed E-state index contributed by atoms with van der Waals surface area (Å²) in [6.45, 7) is 7.24. The molecule has 0 aliphatic heterocycles. The molecule has 0 radical (unpaired) electrons. The maximum absolute atomic E-state index is 6.40. The lowest BCUT2D eigenvalue weighted by molar-refractivity contribution is 0.424. The fourth-order valence-electron chi connectivity index (χ4n) is 2.00. The third-order valence-electron chi connectivity index (χ3n) is 3.10. The number of aryl methyl sites for hydroxylation is 2. The fraction of sp³-hybridized carbons (Fsp3) is 0.467. The van der Waals surface area contributed by atoms with Crippen molar-refractivity contribution >= 4 is 22.9 Å². The fourth-order valence-corrected chi connectivity index (χ4v) is 3.38. The summed E-state index contributed by atoms with van der Waals surface area (Å²) in [6, 6.07) is 4.16. The van der Waals surface area contributed by atoms with Crippen LogP contribution in [0.4, 0.5) is 0 Å². The number of hydrogen-bond acceptors (Lipinski definition) is 3. The molecule has 2 rings (SSSR count). The van der Waals surface area contributed by atoms with E-state index in [0.29, 0.717) is 0 Å². The summed E-state index contributed by atoms with van der Waals surface area (Å²) in [5, 5.41) is 6.48. The van der Waals surface area contributed by atoms with Crippen LogP contribution >= 0.6 is 22.9 Å². The number of hydrogen-bond donors (Lipinski definition) is 1. The lowest BCUT2D eigenvalue weighted by Gasteiger charge is -2.15. The number of rotatable bonds is 6. The first-order valence-corrected chi connectivity index (χ1v) is 7.98. The van der Waals surface area contributed by atoms with Crippen LogP contribution in [0, 0.1) is 6.92 Å². The Hall–Kier alpha value is -0.770. The molecule has 104 valence electrons. The van der Waals surface area contributed by atoms with Crippen molar-refractivity contribution in [1.29, 1.82) is 0 Å². The number of furan rings is 1. The van der Waals surface area contributed by atoms with Crippen molar-refractivity contribution in [3.8, 4) is 0 Å². The molecule has 1 unspecified atom stereocenters. The molecule has 0 bridgehead atoms. The van der Waals surface area contributed by atoms with E-state index in [4.69, 9.17) is 16.0 Å². The van der Waals surface area contributed by atoms with Gasteiger partial charge in [0.25, 0.3) is 0 Å². The zero-order chi connectivity index (χ0) is 13.8. The zero-order valence-corrected chi connectivity index (χ0v) is 13.2.